The average molecular weight is 253 g/mol. The van der Waals surface area contributed by atoms with Crippen molar-refractivity contribution in [1.29, 1.82) is 0 Å². The van der Waals surface area contributed by atoms with Crippen molar-refractivity contribution in [3.8, 4) is 5.75 Å². The Hall–Kier alpha value is -1.02. The van der Waals surface area contributed by atoms with E-state index in [1.165, 1.54) is 0 Å². The molecule has 2 rings (SSSR count). The van der Waals surface area contributed by atoms with Gasteiger partial charge in [-0.25, -0.2) is 0 Å². The normalized spacial score (nSPS) is 20.4. The molecular weight excluding hydrogens is 236 g/mol. The number of Topliss-reactive ketones (excluding diaryl/α,β-unsaturated/α-hetero) is 1. The average Bonchev–Trinajstić information content (AvgIpc) is 2.29. The number of halogens is 1. The van der Waals surface area contributed by atoms with Crippen LogP contribution in [-0.4, -0.2) is 12.9 Å². The topological polar surface area (TPSA) is 26.3 Å². The van der Waals surface area contributed by atoms with Crippen molar-refractivity contribution in [3.05, 3.63) is 28.8 Å². The Morgan fingerprint density at radius 2 is 2.29 bits per heavy atom. The van der Waals surface area contributed by atoms with E-state index in [2.05, 4.69) is 0 Å². The molecule has 0 saturated heterocycles. The standard InChI is InChI=1S/C14H17ClO2/c1-17-14-6-5-12(15)9-11(14)7-10-3-2-4-13(16)8-10/h5-6,9-10H,2-4,7-8H2,1H3. The van der Waals surface area contributed by atoms with E-state index in [1.54, 1.807) is 7.11 Å². The maximum Gasteiger partial charge on any atom is 0.133 e. The molecule has 17 heavy (non-hydrogen) atoms. The fraction of sp³-hybridized carbons (Fsp3) is 0.500. The molecule has 0 radical (unpaired) electrons. The number of methoxy groups -OCH3 is 1. The third-order valence-corrected chi connectivity index (χ3v) is 3.57. The van der Waals surface area contributed by atoms with E-state index in [0.29, 0.717) is 18.1 Å². The lowest BCUT2D eigenvalue weighted by molar-refractivity contribution is -0.121. The van der Waals surface area contributed by atoms with Gasteiger partial charge in [0.1, 0.15) is 11.5 Å². The third kappa shape index (κ3) is 3.22. The number of rotatable bonds is 3. The van der Waals surface area contributed by atoms with Crippen molar-refractivity contribution in [3.63, 3.8) is 0 Å². The smallest absolute Gasteiger partial charge is 0.133 e. The number of carbonyl (C=O) groups is 1. The molecule has 1 fully saturated rings. The minimum Gasteiger partial charge on any atom is -0.496 e. The van der Waals surface area contributed by atoms with E-state index in [4.69, 9.17) is 16.3 Å². The van der Waals surface area contributed by atoms with Gasteiger partial charge in [0.2, 0.25) is 0 Å². The lowest BCUT2D eigenvalue weighted by Gasteiger charge is -2.21. The van der Waals surface area contributed by atoms with E-state index < -0.39 is 0 Å². The van der Waals surface area contributed by atoms with E-state index in [1.807, 2.05) is 18.2 Å². The van der Waals surface area contributed by atoms with Gasteiger partial charge in [0, 0.05) is 17.9 Å². The highest BCUT2D eigenvalue weighted by atomic mass is 35.5. The molecule has 0 spiro atoms. The van der Waals surface area contributed by atoms with Crippen LogP contribution in [0.15, 0.2) is 18.2 Å². The molecule has 1 saturated carbocycles. The van der Waals surface area contributed by atoms with Crippen LogP contribution in [0.2, 0.25) is 5.02 Å². The van der Waals surface area contributed by atoms with Gasteiger partial charge in [-0.05, 0) is 48.9 Å². The predicted molar refractivity (Wildman–Crippen MR) is 68.7 cm³/mol. The highest BCUT2D eigenvalue weighted by Crippen LogP contribution is 2.30. The first-order chi connectivity index (χ1) is 8.19. The van der Waals surface area contributed by atoms with Crippen LogP contribution in [0, 0.1) is 5.92 Å². The molecule has 3 heteroatoms. The van der Waals surface area contributed by atoms with Gasteiger partial charge in [-0.1, -0.05) is 11.6 Å². The van der Waals surface area contributed by atoms with Crippen LogP contribution in [0.25, 0.3) is 0 Å². The molecule has 92 valence electrons. The van der Waals surface area contributed by atoms with Crippen LogP contribution in [0.4, 0.5) is 0 Å². The van der Waals surface area contributed by atoms with E-state index >= 15 is 0 Å². The second-order valence-corrected chi connectivity index (χ2v) is 5.10. The van der Waals surface area contributed by atoms with Crippen molar-refractivity contribution < 1.29 is 9.53 Å². The summed E-state index contributed by atoms with van der Waals surface area (Å²) in [5, 5.41) is 0.725. The van der Waals surface area contributed by atoms with E-state index in [0.717, 1.165) is 42.0 Å². The molecule has 0 N–H and O–H groups in total. The van der Waals surface area contributed by atoms with Gasteiger partial charge in [-0.3, -0.25) is 4.79 Å². The lowest BCUT2D eigenvalue weighted by atomic mass is 9.84. The first kappa shape index (κ1) is 12.4. The predicted octanol–water partition coefficient (Wildman–Crippen LogP) is 3.65. The summed E-state index contributed by atoms with van der Waals surface area (Å²) in [6.45, 7) is 0. The summed E-state index contributed by atoms with van der Waals surface area (Å²) in [4.78, 5) is 11.4. The van der Waals surface area contributed by atoms with Gasteiger partial charge in [-0.15, -0.1) is 0 Å². The van der Waals surface area contributed by atoms with Crippen LogP contribution in [0.3, 0.4) is 0 Å². The van der Waals surface area contributed by atoms with Gasteiger partial charge in [0.05, 0.1) is 7.11 Å². The molecule has 1 atom stereocenters. The number of hydrogen-bond donors (Lipinski definition) is 0. The molecule has 0 aliphatic heterocycles. The highest BCUT2D eigenvalue weighted by Gasteiger charge is 2.20. The Balaban J connectivity index is 2.11. The molecule has 2 nitrogen and oxygen atoms in total. The number of ether oxygens (including phenoxy) is 1. The Bertz CT molecular complexity index is 415. The lowest BCUT2D eigenvalue weighted by Crippen LogP contribution is -2.17. The van der Waals surface area contributed by atoms with Crippen molar-refractivity contribution in [2.45, 2.75) is 32.1 Å². The van der Waals surface area contributed by atoms with Crippen LogP contribution in [0.5, 0.6) is 5.75 Å². The zero-order valence-corrected chi connectivity index (χ0v) is 10.8. The zero-order valence-electron chi connectivity index (χ0n) is 10.0. The summed E-state index contributed by atoms with van der Waals surface area (Å²) in [6.07, 6.45) is 4.49. The number of hydrogen-bond acceptors (Lipinski definition) is 2. The van der Waals surface area contributed by atoms with Crippen LogP contribution in [-0.2, 0) is 11.2 Å². The van der Waals surface area contributed by atoms with Gasteiger partial charge < -0.3 is 4.74 Å². The quantitative estimate of drug-likeness (QED) is 0.821. The highest BCUT2D eigenvalue weighted by molar-refractivity contribution is 6.30. The SMILES string of the molecule is COc1ccc(Cl)cc1CC1CCCC(=O)C1. The summed E-state index contributed by atoms with van der Waals surface area (Å²) in [6, 6.07) is 5.66. The Kier molecular flexibility index (Phi) is 4.06. The molecule has 0 amide bonds. The zero-order chi connectivity index (χ0) is 12.3. The minimum atomic E-state index is 0.391. The van der Waals surface area contributed by atoms with Crippen LogP contribution >= 0.6 is 11.6 Å². The molecule has 0 heterocycles. The molecule has 1 aliphatic rings. The molecular formula is C14H17ClO2. The second-order valence-electron chi connectivity index (χ2n) is 4.66. The Morgan fingerprint density at radius 3 is 3.00 bits per heavy atom. The summed E-state index contributed by atoms with van der Waals surface area (Å²) in [5.41, 5.74) is 1.11. The molecule has 1 unspecified atom stereocenters. The maximum absolute atomic E-state index is 11.4. The van der Waals surface area contributed by atoms with Crippen molar-refractivity contribution in [2.75, 3.05) is 7.11 Å². The van der Waals surface area contributed by atoms with Crippen LogP contribution < -0.4 is 4.74 Å². The first-order valence-corrected chi connectivity index (χ1v) is 6.41. The monoisotopic (exact) mass is 252 g/mol. The number of carbonyl (C=O) groups excluding carboxylic acids is 1. The number of benzene rings is 1. The summed E-state index contributed by atoms with van der Waals surface area (Å²) in [7, 11) is 1.67. The Morgan fingerprint density at radius 1 is 1.47 bits per heavy atom. The molecule has 1 aliphatic carbocycles. The van der Waals surface area contributed by atoms with Crippen molar-refractivity contribution in [2.24, 2.45) is 5.92 Å². The molecule has 1 aromatic rings. The summed E-state index contributed by atoms with van der Waals surface area (Å²) < 4.78 is 5.33. The van der Waals surface area contributed by atoms with E-state index in [-0.39, 0.29) is 0 Å². The van der Waals surface area contributed by atoms with Gasteiger partial charge in [-0.2, -0.15) is 0 Å². The van der Waals surface area contributed by atoms with Crippen molar-refractivity contribution in [1.82, 2.24) is 0 Å². The van der Waals surface area contributed by atoms with E-state index in [9.17, 15) is 4.79 Å². The van der Waals surface area contributed by atoms with Gasteiger partial charge in [0.15, 0.2) is 0 Å². The van der Waals surface area contributed by atoms with Gasteiger partial charge in [0.25, 0.3) is 0 Å². The molecule has 1 aromatic carbocycles. The van der Waals surface area contributed by atoms with Crippen molar-refractivity contribution >= 4 is 17.4 Å². The van der Waals surface area contributed by atoms with Crippen LogP contribution in [0.1, 0.15) is 31.2 Å². The maximum atomic E-state index is 11.4. The third-order valence-electron chi connectivity index (χ3n) is 3.34. The minimum absolute atomic E-state index is 0.391. The fourth-order valence-corrected chi connectivity index (χ4v) is 2.70. The largest absolute Gasteiger partial charge is 0.496 e. The number of ketones is 1. The first-order valence-electron chi connectivity index (χ1n) is 6.03. The fourth-order valence-electron chi connectivity index (χ4n) is 2.51. The molecule has 0 bridgehead atoms. The Labute approximate surface area is 107 Å². The molecule has 0 aromatic heterocycles. The second kappa shape index (κ2) is 5.54. The van der Waals surface area contributed by atoms with Gasteiger partial charge >= 0.3 is 0 Å². The summed E-state index contributed by atoms with van der Waals surface area (Å²) in [5.74, 6) is 1.71. The summed E-state index contributed by atoms with van der Waals surface area (Å²) >= 11 is 6.00.